The Morgan fingerprint density at radius 2 is 0.0833 bits per heavy atom. The fourth-order valence-corrected chi connectivity index (χ4v) is 2.50. The maximum atomic E-state index is 1.50. The van der Waals surface area contributed by atoms with Gasteiger partial charge < -0.3 is 0 Å². The first-order valence-corrected chi connectivity index (χ1v) is 20.0. The molecule has 10 aliphatic rings. The molecule has 10 rings (SSSR count). The van der Waals surface area contributed by atoms with Gasteiger partial charge in [-0.15, -0.1) is 0 Å². The minimum Gasteiger partial charge on any atom is -0.0776 e. The summed E-state index contributed by atoms with van der Waals surface area (Å²) in [5.41, 5.74) is 0. The quantitative estimate of drug-likeness (QED) is 0.238. The third-order valence-corrected chi connectivity index (χ3v) is 10.00. The van der Waals surface area contributed by atoms with Crippen LogP contribution in [0.25, 0.3) is 0 Å². The standard InChI is InChI=1S/10C4H8.8CH4/c10*1-2-4-3-1;;;;;;;;/h10*1-4H2;8*1H4. The van der Waals surface area contributed by atoms with Gasteiger partial charge in [0.15, 0.2) is 0 Å². The van der Waals surface area contributed by atoms with Gasteiger partial charge in [-0.05, 0) is 0 Å². The molecular formula is C48H112. The summed E-state index contributed by atoms with van der Waals surface area (Å²) in [5, 5.41) is 0. The van der Waals surface area contributed by atoms with Crippen LogP contribution in [-0.4, -0.2) is 0 Å². The van der Waals surface area contributed by atoms with Gasteiger partial charge in [-0.2, -0.15) is 0 Å². The Labute approximate surface area is 315 Å². The van der Waals surface area contributed by atoms with E-state index in [2.05, 4.69) is 0 Å². The van der Waals surface area contributed by atoms with Crippen molar-refractivity contribution in [3.63, 3.8) is 0 Å². The predicted molar refractivity (Wildman–Crippen MR) is 239 cm³/mol. The van der Waals surface area contributed by atoms with Gasteiger partial charge in [0.25, 0.3) is 0 Å². The number of hydrogen-bond donors (Lipinski definition) is 0. The largest absolute Gasteiger partial charge is 0.0776 e. The van der Waals surface area contributed by atoms with Crippen molar-refractivity contribution in [1.29, 1.82) is 0 Å². The van der Waals surface area contributed by atoms with Crippen LogP contribution in [-0.2, 0) is 0 Å². The van der Waals surface area contributed by atoms with Crippen LogP contribution in [0.2, 0.25) is 0 Å². The topological polar surface area (TPSA) is 0 Å². The van der Waals surface area contributed by atoms with Crippen LogP contribution >= 0.6 is 0 Å². The van der Waals surface area contributed by atoms with Gasteiger partial charge in [-0.1, -0.05) is 316 Å². The summed E-state index contributed by atoms with van der Waals surface area (Å²) in [6, 6.07) is 0. The van der Waals surface area contributed by atoms with E-state index in [1.54, 1.807) is 0 Å². The zero-order valence-electron chi connectivity index (χ0n) is 28.3. The molecule has 0 aliphatic heterocycles. The molecule has 48 heavy (non-hydrogen) atoms. The van der Waals surface area contributed by atoms with Crippen molar-refractivity contribution in [1.82, 2.24) is 0 Å². The number of hydrogen-bond acceptors (Lipinski definition) is 0. The molecule has 0 radical (unpaired) electrons. The Balaban J connectivity index is -0.0000000606. The van der Waals surface area contributed by atoms with Crippen LogP contribution in [0.15, 0.2) is 0 Å². The minimum absolute atomic E-state index is 0. The second-order valence-corrected chi connectivity index (χ2v) is 14.1. The van der Waals surface area contributed by atoms with Crippen LogP contribution < -0.4 is 0 Å². The van der Waals surface area contributed by atoms with E-state index in [0.29, 0.717) is 0 Å². The highest BCUT2D eigenvalue weighted by molar-refractivity contribution is 4.54. The molecule has 0 nitrogen and oxygen atoms in total. The fourth-order valence-electron chi connectivity index (χ4n) is 2.50. The van der Waals surface area contributed by atoms with E-state index in [-0.39, 0.29) is 59.4 Å². The smallest absolute Gasteiger partial charge is 0.0533 e. The van der Waals surface area contributed by atoms with Crippen LogP contribution in [0.1, 0.15) is 316 Å². The Morgan fingerprint density at radius 3 is 0.0833 bits per heavy atom. The first kappa shape index (κ1) is 66.3. The maximum Gasteiger partial charge on any atom is -0.0533 e. The molecule has 0 aromatic rings. The molecule has 0 atom stereocenters. The summed E-state index contributed by atoms with van der Waals surface area (Å²) in [6.07, 6.45) is 60.0. The lowest BCUT2D eigenvalue weighted by molar-refractivity contribution is 0.504. The lowest BCUT2D eigenvalue weighted by atomic mass is 10.0. The first-order valence-electron chi connectivity index (χ1n) is 20.0. The minimum atomic E-state index is 0. The van der Waals surface area contributed by atoms with E-state index < -0.39 is 0 Å². The average molecular weight is 689 g/mol. The average Bonchev–Trinajstić information content (AvgIpc) is 2.34. The fraction of sp³-hybridized carbons (Fsp3) is 1.00. The second kappa shape index (κ2) is 62.2. The van der Waals surface area contributed by atoms with Crippen molar-refractivity contribution in [3.8, 4) is 0 Å². The molecule has 0 spiro atoms. The van der Waals surface area contributed by atoms with Crippen LogP contribution in [0.3, 0.4) is 0 Å². The molecule has 0 unspecified atom stereocenters. The molecule has 10 saturated carbocycles. The molecule has 0 aromatic heterocycles. The highest BCUT2D eigenvalue weighted by Gasteiger charge is 1.98. The summed E-state index contributed by atoms with van der Waals surface area (Å²) in [5.74, 6) is 0. The molecule has 0 heteroatoms. The van der Waals surface area contributed by atoms with E-state index in [9.17, 15) is 0 Å². The summed E-state index contributed by atoms with van der Waals surface area (Å²) < 4.78 is 0. The molecular weight excluding hydrogens is 577 g/mol. The summed E-state index contributed by atoms with van der Waals surface area (Å²) in [4.78, 5) is 0. The summed E-state index contributed by atoms with van der Waals surface area (Å²) in [6.45, 7) is 0. The zero-order valence-corrected chi connectivity index (χ0v) is 28.3. The van der Waals surface area contributed by atoms with Gasteiger partial charge in [-0.25, -0.2) is 0 Å². The molecule has 0 aromatic carbocycles. The van der Waals surface area contributed by atoms with Gasteiger partial charge in [-0.3, -0.25) is 0 Å². The van der Waals surface area contributed by atoms with Gasteiger partial charge in [0, 0.05) is 0 Å². The molecule has 10 fully saturated rings. The molecule has 0 N–H and O–H groups in total. The molecule has 0 heterocycles. The van der Waals surface area contributed by atoms with E-state index >= 15 is 0 Å². The van der Waals surface area contributed by atoms with Crippen LogP contribution in [0.5, 0.6) is 0 Å². The molecule has 0 amide bonds. The summed E-state index contributed by atoms with van der Waals surface area (Å²) in [7, 11) is 0. The van der Waals surface area contributed by atoms with Gasteiger partial charge in [0.2, 0.25) is 0 Å². The van der Waals surface area contributed by atoms with Gasteiger partial charge in [0.05, 0.1) is 0 Å². The highest BCUT2D eigenvalue weighted by atomic mass is 14.0. The molecule has 0 bridgehead atoms. The Bertz CT molecular complexity index is 213. The highest BCUT2D eigenvalue weighted by Crippen LogP contribution is 2.18. The van der Waals surface area contributed by atoms with E-state index in [1.807, 2.05) is 0 Å². The van der Waals surface area contributed by atoms with Crippen molar-refractivity contribution in [2.45, 2.75) is 316 Å². The summed E-state index contributed by atoms with van der Waals surface area (Å²) >= 11 is 0. The first-order chi connectivity index (χ1) is 20.0. The lowest BCUT2D eigenvalue weighted by Gasteiger charge is -2.05. The lowest BCUT2D eigenvalue weighted by Crippen LogP contribution is -1.85. The Kier molecular flexibility index (Phi) is 85.8. The Hall–Kier alpha value is 0. The van der Waals surface area contributed by atoms with Crippen molar-refractivity contribution in [2.24, 2.45) is 0 Å². The number of rotatable bonds is 0. The van der Waals surface area contributed by atoms with E-state index in [4.69, 9.17) is 0 Å². The van der Waals surface area contributed by atoms with Crippen LogP contribution in [0, 0.1) is 0 Å². The molecule has 10 aliphatic carbocycles. The third-order valence-electron chi connectivity index (χ3n) is 10.00. The molecule has 304 valence electrons. The molecule has 0 saturated heterocycles. The maximum absolute atomic E-state index is 1.50. The monoisotopic (exact) mass is 689 g/mol. The van der Waals surface area contributed by atoms with E-state index in [1.165, 1.54) is 257 Å². The Morgan fingerprint density at radius 1 is 0.0625 bits per heavy atom. The SMILES string of the molecule is C.C.C.C.C.C.C.C.C1CCC1.C1CCC1.C1CCC1.C1CCC1.C1CCC1.C1CCC1.C1CCC1.C1CCC1.C1CCC1.C1CCC1. The van der Waals surface area contributed by atoms with Crippen LogP contribution in [0.4, 0.5) is 0 Å². The van der Waals surface area contributed by atoms with Crippen molar-refractivity contribution in [2.75, 3.05) is 0 Å². The van der Waals surface area contributed by atoms with Crippen molar-refractivity contribution < 1.29 is 0 Å². The van der Waals surface area contributed by atoms with E-state index in [0.717, 1.165) is 0 Å². The van der Waals surface area contributed by atoms with Gasteiger partial charge >= 0.3 is 0 Å². The van der Waals surface area contributed by atoms with Crippen molar-refractivity contribution in [3.05, 3.63) is 0 Å². The second-order valence-electron chi connectivity index (χ2n) is 14.1. The van der Waals surface area contributed by atoms with Gasteiger partial charge in [0.1, 0.15) is 0 Å². The normalized spacial score (nSPS) is 20.0. The van der Waals surface area contributed by atoms with Crippen molar-refractivity contribution >= 4 is 0 Å². The third kappa shape index (κ3) is 58.2. The zero-order chi connectivity index (χ0) is 28.3. The predicted octanol–water partition coefficient (Wildman–Crippen LogP) is 20.7.